The maximum atomic E-state index is 7.00. The van der Waals surface area contributed by atoms with Gasteiger partial charge in [-0.2, -0.15) is 0 Å². The van der Waals surface area contributed by atoms with Crippen LogP contribution in [0.1, 0.15) is 5.56 Å². The van der Waals surface area contributed by atoms with Gasteiger partial charge < -0.3 is 15.3 Å². The minimum absolute atomic E-state index is 0. The van der Waals surface area contributed by atoms with Crippen LogP contribution in [0.15, 0.2) is 24.3 Å². The first-order valence-corrected chi connectivity index (χ1v) is 3.39. The molecule has 0 aromatic heterocycles. The van der Waals surface area contributed by atoms with Gasteiger partial charge in [-0.3, -0.25) is 0 Å². The molecule has 78 valence electrons. The van der Waals surface area contributed by atoms with Crippen molar-refractivity contribution in [3.63, 3.8) is 0 Å². The lowest BCUT2D eigenvalue weighted by atomic mass is 10.2. The minimum atomic E-state index is 0. The van der Waals surface area contributed by atoms with Crippen LogP contribution in [-0.2, 0) is 0 Å². The largest absolute Gasteiger partial charge is 0.496 e. The number of methoxy groups -OCH3 is 1. The smallest absolute Gasteiger partial charge is 0.121 e. The number of ether oxygens (including phenoxy) is 1. The second-order valence-electron chi connectivity index (χ2n) is 1.97. The Morgan fingerprint density at radius 2 is 1.62 bits per heavy atom. The average Bonchev–Trinajstić information content (AvgIpc) is 2.09. The normalized spacial score (nSPS) is 6.77. The molecule has 0 spiro atoms. The van der Waals surface area contributed by atoms with E-state index in [-0.39, 0.29) is 17.9 Å². The first-order valence-electron chi connectivity index (χ1n) is 3.39. The van der Waals surface area contributed by atoms with Crippen molar-refractivity contribution >= 4 is 12.4 Å². The molecule has 0 unspecified atom stereocenters. The van der Waals surface area contributed by atoms with Gasteiger partial charge in [-0.15, -0.1) is 12.4 Å². The average molecular weight is 209 g/mol. The Morgan fingerprint density at radius 1 is 1.15 bits per heavy atom. The second kappa shape index (κ2) is 11.2. The fourth-order valence-corrected chi connectivity index (χ4v) is 0.785. The molecule has 0 bridgehead atoms. The van der Waals surface area contributed by atoms with Crippen LogP contribution in [0.5, 0.6) is 5.75 Å². The van der Waals surface area contributed by atoms with E-state index in [4.69, 9.17) is 9.84 Å². The molecule has 13 heavy (non-hydrogen) atoms. The minimum Gasteiger partial charge on any atom is -0.496 e. The zero-order chi connectivity index (χ0) is 8.69. The van der Waals surface area contributed by atoms with Gasteiger partial charge in [0.25, 0.3) is 0 Å². The lowest BCUT2D eigenvalue weighted by molar-refractivity contribution is 0.399. The molecular formula is C9H17ClO3. The molecule has 0 saturated carbocycles. The third-order valence-electron chi connectivity index (χ3n) is 1.31. The molecule has 3 nitrogen and oxygen atoms in total. The summed E-state index contributed by atoms with van der Waals surface area (Å²) >= 11 is 0. The zero-order valence-electron chi connectivity index (χ0n) is 8.07. The van der Waals surface area contributed by atoms with E-state index in [0.29, 0.717) is 0 Å². The van der Waals surface area contributed by atoms with Crippen LogP contribution in [0, 0.1) is 6.92 Å². The zero-order valence-corrected chi connectivity index (χ0v) is 8.89. The Labute approximate surface area is 85.1 Å². The summed E-state index contributed by atoms with van der Waals surface area (Å²) in [6.07, 6.45) is 0. The second-order valence-corrected chi connectivity index (χ2v) is 1.97. The van der Waals surface area contributed by atoms with Gasteiger partial charge in [0.15, 0.2) is 0 Å². The van der Waals surface area contributed by atoms with Crippen molar-refractivity contribution in [2.24, 2.45) is 0 Å². The van der Waals surface area contributed by atoms with Crippen molar-refractivity contribution < 1.29 is 15.3 Å². The molecule has 0 atom stereocenters. The molecular weight excluding hydrogens is 192 g/mol. The highest BCUT2D eigenvalue weighted by Gasteiger charge is 1.90. The van der Waals surface area contributed by atoms with Crippen LogP contribution < -0.4 is 4.74 Å². The standard InChI is InChI=1S/C8H10O.CH4O.ClH.H2O/c1-7-5-3-4-6-8(7)9-2;1-2;;/h3-6H,1-2H3;2H,1H3;1H;1H2. The van der Waals surface area contributed by atoms with Crippen molar-refractivity contribution in [3.05, 3.63) is 29.8 Å². The number of halogens is 1. The van der Waals surface area contributed by atoms with E-state index in [1.54, 1.807) is 7.11 Å². The lowest BCUT2D eigenvalue weighted by Crippen LogP contribution is -1.84. The van der Waals surface area contributed by atoms with E-state index in [0.717, 1.165) is 12.9 Å². The number of aliphatic hydroxyl groups excluding tert-OH is 1. The molecule has 0 aliphatic rings. The fourth-order valence-electron chi connectivity index (χ4n) is 0.785. The summed E-state index contributed by atoms with van der Waals surface area (Å²) in [4.78, 5) is 0. The number of para-hydroxylation sites is 1. The van der Waals surface area contributed by atoms with Gasteiger partial charge in [0.1, 0.15) is 5.75 Å². The van der Waals surface area contributed by atoms with Crippen molar-refractivity contribution in [2.75, 3.05) is 14.2 Å². The molecule has 4 heteroatoms. The molecule has 3 N–H and O–H groups in total. The van der Waals surface area contributed by atoms with Crippen LogP contribution in [0.4, 0.5) is 0 Å². The summed E-state index contributed by atoms with van der Waals surface area (Å²) in [5, 5.41) is 7.00. The van der Waals surface area contributed by atoms with Gasteiger partial charge in [-0.05, 0) is 18.6 Å². The van der Waals surface area contributed by atoms with Gasteiger partial charge in [0.2, 0.25) is 0 Å². The van der Waals surface area contributed by atoms with Crippen LogP contribution in [0.2, 0.25) is 0 Å². The summed E-state index contributed by atoms with van der Waals surface area (Å²) in [6, 6.07) is 7.94. The number of benzene rings is 1. The predicted molar refractivity (Wildman–Crippen MR) is 56.7 cm³/mol. The van der Waals surface area contributed by atoms with E-state index in [9.17, 15) is 0 Å². The number of aliphatic hydroxyl groups is 1. The van der Waals surface area contributed by atoms with E-state index < -0.39 is 0 Å². The van der Waals surface area contributed by atoms with Gasteiger partial charge in [0.05, 0.1) is 7.11 Å². The third kappa shape index (κ3) is 6.40. The molecule has 1 aromatic carbocycles. The molecule has 1 rings (SSSR count). The SMILES string of the molecule is CO.COc1ccccc1C.Cl.O. The highest BCUT2D eigenvalue weighted by molar-refractivity contribution is 5.85. The highest BCUT2D eigenvalue weighted by atomic mass is 35.5. The summed E-state index contributed by atoms with van der Waals surface area (Å²) in [5.41, 5.74) is 1.18. The van der Waals surface area contributed by atoms with E-state index >= 15 is 0 Å². The maximum absolute atomic E-state index is 7.00. The topological polar surface area (TPSA) is 61.0 Å². The quantitative estimate of drug-likeness (QED) is 0.754. The molecule has 0 radical (unpaired) electrons. The predicted octanol–water partition coefficient (Wildman–Crippen LogP) is 1.21. The number of hydrogen-bond acceptors (Lipinski definition) is 2. The summed E-state index contributed by atoms with van der Waals surface area (Å²) < 4.78 is 5.04. The van der Waals surface area contributed by atoms with Crippen LogP contribution in [0.25, 0.3) is 0 Å². The Bertz CT molecular complexity index is 204. The van der Waals surface area contributed by atoms with Crippen molar-refractivity contribution in [1.82, 2.24) is 0 Å². The third-order valence-corrected chi connectivity index (χ3v) is 1.31. The van der Waals surface area contributed by atoms with Gasteiger partial charge in [0, 0.05) is 7.11 Å². The lowest BCUT2D eigenvalue weighted by Gasteiger charge is -2.00. The monoisotopic (exact) mass is 208 g/mol. The molecule has 0 aliphatic heterocycles. The van der Waals surface area contributed by atoms with E-state index in [2.05, 4.69) is 0 Å². The Kier molecular flexibility index (Phi) is 15.6. The molecule has 0 heterocycles. The first-order chi connectivity index (χ1) is 5.34. The first kappa shape index (κ1) is 18.1. The van der Waals surface area contributed by atoms with Crippen LogP contribution in [0.3, 0.4) is 0 Å². The Hall–Kier alpha value is -0.770. The van der Waals surface area contributed by atoms with E-state index in [1.807, 2.05) is 31.2 Å². The van der Waals surface area contributed by atoms with Crippen LogP contribution in [-0.4, -0.2) is 24.8 Å². The van der Waals surface area contributed by atoms with Crippen molar-refractivity contribution in [1.29, 1.82) is 0 Å². The van der Waals surface area contributed by atoms with E-state index in [1.165, 1.54) is 5.56 Å². The summed E-state index contributed by atoms with van der Waals surface area (Å²) in [6.45, 7) is 2.03. The summed E-state index contributed by atoms with van der Waals surface area (Å²) in [5.74, 6) is 0.956. The molecule has 1 aromatic rings. The van der Waals surface area contributed by atoms with Gasteiger partial charge in [-0.25, -0.2) is 0 Å². The Balaban J connectivity index is -0.000000234. The Morgan fingerprint density at radius 3 is 1.92 bits per heavy atom. The molecule has 0 fully saturated rings. The van der Waals surface area contributed by atoms with Crippen molar-refractivity contribution in [2.45, 2.75) is 6.92 Å². The number of hydrogen-bond donors (Lipinski definition) is 1. The van der Waals surface area contributed by atoms with Gasteiger partial charge in [-0.1, -0.05) is 18.2 Å². The number of rotatable bonds is 1. The molecule has 0 aliphatic carbocycles. The van der Waals surface area contributed by atoms with Crippen molar-refractivity contribution in [3.8, 4) is 5.75 Å². The van der Waals surface area contributed by atoms with Gasteiger partial charge >= 0.3 is 0 Å². The highest BCUT2D eigenvalue weighted by Crippen LogP contribution is 2.14. The fraction of sp³-hybridized carbons (Fsp3) is 0.333. The molecule has 0 saturated heterocycles. The summed E-state index contributed by atoms with van der Waals surface area (Å²) in [7, 11) is 2.68. The molecule has 0 amide bonds. The number of aryl methyl sites for hydroxylation is 1. The van der Waals surface area contributed by atoms with Crippen LogP contribution >= 0.6 is 12.4 Å². The maximum Gasteiger partial charge on any atom is 0.121 e.